The zero-order chi connectivity index (χ0) is 22.6. The first-order chi connectivity index (χ1) is 16.0. The second-order valence-corrected chi connectivity index (χ2v) is 8.21. The van der Waals surface area contributed by atoms with Gasteiger partial charge in [0.2, 0.25) is 11.7 Å². The SMILES string of the molecule is CC1(c2cccc(-c3noc(Cc4cc5c(ccc6ccccc65)o4)n3)c2)NC(=O)NC1=O. The third kappa shape index (κ3) is 3.15. The fraction of sp³-hybridized carbons (Fsp3) is 0.120. The third-order valence-corrected chi connectivity index (χ3v) is 6.01. The number of furan rings is 1. The predicted molar refractivity (Wildman–Crippen MR) is 120 cm³/mol. The van der Waals surface area contributed by atoms with Crippen LogP contribution in [0.2, 0.25) is 0 Å². The number of carbonyl (C=O) groups is 2. The Bertz CT molecular complexity index is 1570. The van der Waals surface area contributed by atoms with Crippen molar-refractivity contribution in [3.63, 3.8) is 0 Å². The summed E-state index contributed by atoms with van der Waals surface area (Å²) in [6.07, 6.45) is 0.353. The van der Waals surface area contributed by atoms with Crippen molar-refractivity contribution in [2.45, 2.75) is 18.9 Å². The van der Waals surface area contributed by atoms with E-state index in [0.717, 1.165) is 27.5 Å². The molecule has 3 amide bonds. The molecule has 1 atom stereocenters. The highest BCUT2D eigenvalue weighted by atomic mass is 16.5. The first-order valence-electron chi connectivity index (χ1n) is 10.5. The van der Waals surface area contributed by atoms with E-state index in [1.807, 2.05) is 36.4 Å². The molecule has 3 heterocycles. The summed E-state index contributed by atoms with van der Waals surface area (Å²) in [4.78, 5) is 28.4. The number of carbonyl (C=O) groups excluding carboxylic acids is 2. The molecule has 1 saturated heterocycles. The van der Waals surface area contributed by atoms with Crippen LogP contribution in [0, 0.1) is 0 Å². The smallest absolute Gasteiger partial charge is 0.322 e. The van der Waals surface area contributed by atoms with E-state index in [4.69, 9.17) is 8.94 Å². The number of nitrogens with one attached hydrogen (secondary N) is 2. The second kappa shape index (κ2) is 7.03. The van der Waals surface area contributed by atoms with Crippen molar-refractivity contribution in [2.24, 2.45) is 0 Å². The summed E-state index contributed by atoms with van der Waals surface area (Å²) in [5, 5.41) is 12.3. The minimum Gasteiger partial charge on any atom is -0.461 e. The maximum atomic E-state index is 12.3. The molecule has 2 N–H and O–H groups in total. The Morgan fingerprint density at radius 3 is 2.70 bits per heavy atom. The molecule has 3 aromatic carbocycles. The molecule has 8 nitrogen and oxygen atoms in total. The van der Waals surface area contributed by atoms with Gasteiger partial charge in [-0.1, -0.05) is 53.7 Å². The van der Waals surface area contributed by atoms with E-state index in [9.17, 15) is 9.59 Å². The Labute approximate surface area is 187 Å². The Hall–Kier alpha value is -4.46. The molecule has 162 valence electrons. The topological polar surface area (TPSA) is 110 Å². The normalized spacial score (nSPS) is 18.1. The number of fused-ring (bicyclic) bond motifs is 3. The summed E-state index contributed by atoms with van der Waals surface area (Å²) in [5.74, 6) is 1.12. The van der Waals surface area contributed by atoms with Crippen LogP contribution in [0.5, 0.6) is 0 Å². The number of hydrogen-bond donors (Lipinski definition) is 2. The highest BCUT2D eigenvalue weighted by molar-refractivity contribution is 6.07. The van der Waals surface area contributed by atoms with Gasteiger partial charge >= 0.3 is 6.03 Å². The summed E-state index contributed by atoms with van der Waals surface area (Å²) in [6.45, 7) is 1.65. The molecule has 8 heteroatoms. The van der Waals surface area contributed by atoms with Crippen LogP contribution < -0.4 is 10.6 Å². The number of hydrogen-bond acceptors (Lipinski definition) is 6. The summed E-state index contributed by atoms with van der Waals surface area (Å²) >= 11 is 0. The van der Waals surface area contributed by atoms with Gasteiger partial charge in [-0.25, -0.2) is 4.79 Å². The van der Waals surface area contributed by atoms with E-state index in [-0.39, 0.29) is 0 Å². The van der Waals surface area contributed by atoms with Crippen LogP contribution in [0.25, 0.3) is 33.1 Å². The lowest BCUT2D eigenvalue weighted by Crippen LogP contribution is -2.40. The molecule has 0 radical (unpaired) electrons. The van der Waals surface area contributed by atoms with Crippen molar-refractivity contribution in [1.82, 2.24) is 20.8 Å². The van der Waals surface area contributed by atoms with Gasteiger partial charge < -0.3 is 14.3 Å². The molecule has 0 bridgehead atoms. The molecule has 0 aliphatic carbocycles. The molecule has 5 aromatic rings. The lowest BCUT2D eigenvalue weighted by Gasteiger charge is -2.21. The van der Waals surface area contributed by atoms with Gasteiger partial charge in [0.1, 0.15) is 16.9 Å². The Balaban J connectivity index is 1.29. The quantitative estimate of drug-likeness (QED) is 0.405. The highest BCUT2D eigenvalue weighted by Crippen LogP contribution is 2.30. The van der Waals surface area contributed by atoms with Crippen LogP contribution in [0.4, 0.5) is 4.79 Å². The summed E-state index contributed by atoms with van der Waals surface area (Å²) < 4.78 is 11.5. The van der Waals surface area contributed by atoms with Gasteiger partial charge in [0.05, 0.1) is 6.42 Å². The van der Waals surface area contributed by atoms with Crippen molar-refractivity contribution in [3.05, 3.63) is 83.9 Å². The van der Waals surface area contributed by atoms with E-state index in [1.165, 1.54) is 0 Å². The van der Waals surface area contributed by atoms with Crippen LogP contribution in [0.3, 0.4) is 0 Å². The van der Waals surface area contributed by atoms with Gasteiger partial charge in [-0.05, 0) is 41.5 Å². The molecule has 6 rings (SSSR count). The Kier molecular flexibility index (Phi) is 4.10. The monoisotopic (exact) mass is 438 g/mol. The lowest BCUT2D eigenvalue weighted by atomic mass is 9.91. The third-order valence-electron chi connectivity index (χ3n) is 6.01. The van der Waals surface area contributed by atoms with Crippen LogP contribution in [0.1, 0.15) is 24.1 Å². The fourth-order valence-electron chi connectivity index (χ4n) is 4.24. The largest absolute Gasteiger partial charge is 0.461 e. The van der Waals surface area contributed by atoms with Crippen molar-refractivity contribution in [3.8, 4) is 11.4 Å². The predicted octanol–water partition coefficient (Wildman–Crippen LogP) is 4.28. The second-order valence-electron chi connectivity index (χ2n) is 8.21. The number of imide groups is 1. The molecule has 1 aliphatic rings. The van der Waals surface area contributed by atoms with Gasteiger partial charge in [-0.2, -0.15) is 4.98 Å². The number of urea groups is 1. The van der Waals surface area contributed by atoms with E-state index >= 15 is 0 Å². The molecule has 0 saturated carbocycles. The number of nitrogens with zero attached hydrogens (tertiary/aromatic N) is 2. The zero-order valence-corrected chi connectivity index (χ0v) is 17.6. The lowest BCUT2D eigenvalue weighted by molar-refractivity contribution is -0.123. The minimum absolute atomic E-state index is 0.353. The zero-order valence-electron chi connectivity index (χ0n) is 17.6. The van der Waals surface area contributed by atoms with Crippen molar-refractivity contribution in [1.29, 1.82) is 0 Å². The number of aromatic nitrogens is 2. The van der Waals surface area contributed by atoms with E-state index < -0.39 is 17.5 Å². The van der Waals surface area contributed by atoms with Gasteiger partial charge in [0.15, 0.2) is 0 Å². The average Bonchev–Trinajstić information content (AvgIpc) is 3.52. The maximum absolute atomic E-state index is 12.3. The van der Waals surface area contributed by atoms with E-state index in [0.29, 0.717) is 29.3 Å². The first-order valence-corrected chi connectivity index (χ1v) is 10.5. The van der Waals surface area contributed by atoms with Gasteiger partial charge in [-0.3, -0.25) is 10.1 Å². The Morgan fingerprint density at radius 2 is 1.85 bits per heavy atom. The molecule has 1 fully saturated rings. The minimum atomic E-state index is -1.16. The molecular weight excluding hydrogens is 420 g/mol. The van der Waals surface area contributed by atoms with Crippen molar-refractivity contribution >= 4 is 33.7 Å². The number of amides is 3. The van der Waals surface area contributed by atoms with Crippen LogP contribution in [-0.4, -0.2) is 22.1 Å². The molecular formula is C25H18N4O4. The van der Waals surface area contributed by atoms with Crippen molar-refractivity contribution < 1.29 is 18.5 Å². The molecule has 33 heavy (non-hydrogen) atoms. The summed E-state index contributed by atoms with van der Waals surface area (Å²) in [7, 11) is 0. The maximum Gasteiger partial charge on any atom is 0.322 e. The van der Waals surface area contributed by atoms with Gasteiger partial charge in [0.25, 0.3) is 5.91 Å². The average molecular weight is 438 g/mol. The van der Waals surface area contributed by atoms with Crippen LogP contribution in [-0.2, 0) is 16.8 Å². The van der Waals surface area contributed by atoms with Gasteiger partial charge in [0, 0.05) is 10.9 Å². The summed E-state index contributed by atoms with van der Waals surface area (Å²) in [5.41, 5.74) is 0.949. The molecule has 1 aliphatic heterocycles. The highest BCUT2D eigenvalue weighted by Gasteiger charge is 2.43. The summed E-state index contributed by atoms with van der Waals surface area (Å²) in [6, 6.07) is 20.8. The van der Waals surface area contributed by atoms with E-state index in [2.05, 4.69) is 32.9 Å². The van der Waals surface area contributed by atoms with Gasteiger partial charge in [-0.15, -0.1) is 0 Å². The molecule has 1 unspecified atom stereocenters. The number of rotatable bonds is 4. The van der Waals surface area contributed by atoms with Crippen molar-refractivity contribution in [2.75, 3.05) is 0 Å². The molecule has 0 spiro atoms. The van der Waals surface area contributed by atoms with Crippen LogP contribution in [0.15, 0.2) is 75.7 Å². The molecule has 2 aromatic heterocycles. The van der Waals surface area contributed by atoms with Crippen LogP contribution >= 0.6 is 0 Å². The Morgan fingerprint density at radius 1 is 0.970 bits per heavy atom. The standard InChI is InChI=1S/C25H18N4O4/c1-25(23(30)27-24(31)28-25)16-7-4-6-15(11-16)22-26-21(33-29-22)13-17-12-19-18-8-3-2-5-14(18)9-10-20(19)32-17/h2-12H,13H2,1H3,(H2,27,28,30,31). The van der Waals surface area contributed by atoms with E-state index in [1.54, 1.807) is 25.1 Å². The number of benzene rings is 3. The fourth-order valence-corrected chi connectivity index (χ4v) is 4.24. The first kappa shape index (κ1) is 19.2.